The molecule has 0 saturated carbocycles. The maximum atomic E-state index is 13.1. The number of halogens is 2. The van der Waals surface area contributed by atoms with Crippen LogP contribution in [0, 0.1) is 5.82 Å². The van der Waals surface area contributed by atoms with Gasteiger partial charge in [0.15, 0.2) is 0 Å². The fourth-order valence-corrected chi connectivity index (χ4v) is 4.70. The zero-order chi connectivity index (χ0) is 20.3. The number of hydrogen-bond acceptors (Lipinski definition) is 3. The second-order valence-corrected chi connectivity index (χ2v) is 8.90. The summed E-state index contributed by atoms with van der Waals surface area (Å²) in [5, 5.41) is 0.174. The molecule has 8 heteroatoms. The SMILES string of the molecule is CC[C@H]1CCCCN1C(=O)c1ccc(Cl)c(NS(=O)(=O)c2ccc(F)cc2)c1. The molecule has 1 aliphatic heterocycles. The van der Waals surface area contributed by atoms with Crippen molar-refractivity contribution in [3.8, 4) is 0 Å². The molecule has 150 valence electrons. The Morgan fingerprint density at radius 1 is 1.21 bits per heavy atom. The highest BCUT2D eigenvalue weighted by Crippen LogP contribution is 2.28. The number of amides is 1. The van der Waals surface area contributed by atoms with Crippen LogP contribution in [0.15, 0.2) is 47.4 Å². The molecule has 1 heterocycles. The van der Waals surface area contributed by atoms with Crippen molar-refractivity contribution in [3.05, 3.63) is 58.9 Å². The van der Waals surface area contributed by atoms with Gasteiger partial charge < -0.3 is 4.90 Å². The minimum atomic E-state index is -3.96. The van der Waals surface area contributed by atoms with E-state index < -0.39 is 15.8 Å². The predicted molar refractivity (Wildman–Crippen MR) is 108 cm³/mol. The van der Waals surface area contributed by atoms with Crippen LogP contribution >= 0.6 is 11.6 Å². The highest BCUT2D eigenvalue weighted by atomic mass is 35.5. The Hall–Kier alpha value is -2.12. The van der Waals surface area contributed by atoms with Gasteiger partial charge in [-0.3, -0.25) is 9.52 Å². The third-order valence-electron chi connectivity index (χ3n) is 4.94. The van der Waals surface area contributed by atoms with E-state index >= 15 is 0 Å². The van der Waals surface area contributed by atoms with E-state index in [2.05, 4.69) is 11.6 Å². The third-order valence-corrected chi connectivity index (χ3v) is 6.65. The van der Waals surface area contributed by atoms with E-state index in [0.29, 0.717) is 12.1 Å². The van der Waals surface area contributed by atoms with Crippen LogP contribution in [0.5, 0.6) is 0 Å². The highest BCUT2D eigenvalue weighted by Gasteiger charge is 2.27. The summed E-state index contributed by atoms with van der Waals surface area (Å²) < 4.78 is 40.6. The topological polar surface area (TPSA) is 66.5 Å². The van der Waals surface area contributed by atoms with Crippen LogP contribution in [0.2, 0.25) is 5.02 Å². The number of rotatable bonds is 5. The average molecular weight is 425 g/mol. The van der Waals surface area contributed by atoms with E-state index in [-0.39, 0.29) is 27.6 Å². The van der Waals surface area contributed by atoms with E-state index in [1.807, 2.05) is 4.90 Å². The second-order valence-electron chi connectivity index (χ2n) is 6.81. The molecule has 0 aliphatic carbocycles. The first-order chi connectivity index (χ1) is 13.3. The lowest BCUT2D eigenvalue weighted by molar-refractivity contribution is 0.0608. The first kappa shape index (κ1) is 20.6. The summed E-state index contributed by atoms with van der Waals surface area (Å²) in [6.07, 6.45) is 3.91. The Kier molecular flexibility index (Phi) is 6.25. The predicted octanol–water partition coefficient (Wildman–Crippen LogP) is 4.68. The van der Waals surface area contributed by atoms with E-state index in [1.165, 1.54) is 24.3 Å². The molecular formula is C20H22ClFN2O3S. The van der Waals surface area contributed by atoms with Gasteiger partial charge in [-0.15, -0.1) is 0 Å². The van der Waals surface area contributed by atoms with Crippen molar-refractivity contribution in [1.82, 2.24) is 4.90 Å². The maximum absolute atomic E-state index is 13.1. The summed E-state index contributed by atoms with van der Waals surface area (Å²) in [6.45, 7) is 2.75. The molecule has 0 aromatic heterocycles. The normalized spacial score (nSPS) is 17.4. The number of nitrogens with one attached hydrogen (secondary N) is 1. The quantitative estimate of drug-likeness (QED) is 0.757. The van der Waals surface area contributed by atoms with Crippen LogP contribution in [0.3, 0.4) is 0 Å². The second kappa shape index (κ2) is 8.49. The van der Waals surface area contributed by atoms with E-state index in [4.69, 9.17) is 11.6 Å². The number of nitrogens with zero attached hydrogens (tertiary/aromatic N) is 1. The number of carbonyl (C=O) groups excluding carboxylic acids is 1. The summed E-state index contributed by atoms with van der Waals surface area (Å²) in [5.41, 5.74) is 0.489. The van der Waals surface area contributed by atoms with Gasteiger partial charge in [-0.05, 0) is 68.1 Å². The molecule has 0 bridgehead atoms. The summed E-state index contributed by atoms with van der Waals surface area (Å²) in [4.78, 5) is 14.7. The smallest absolute Gasteiger partial charge is 0.261 e. The van der Waals surface area contributed by atoms with Gasteiger partial charge in [0.05, 0.1) is 15.6 Å². The van der Waals surface area contributed by atoms with Crippen molar-refractivity contribution < 1.29 is 17.6 Å². The van der Waals surface area contributed by atoms with E-state index in [1.54, 1.807) is 6.07 Å². The molecule has 1 fully saturated rings. The molecule has 28 heavy (non-hydrogen) atoms. The van der Waals surface area contributed by atoms with Crippen molar-refractivity contribution in [1.29, 1.82) is 0 Å². The fourth-order valence-electron chi connectivity index (χ4n) is 3.41. The van der Waals surface area contributed by atoms with Crippen LogP contribution in [0.25, 0.3) is 0 Å². The Morgan fingerprint density at radius 3 is 2.61 bits per heavy atom. The Balaban J connectivity index is 1.87. The molecular weight excluding hydrogens is 403 g/mol. The van der Waals surface area contributed by atoms with Gasteiger partial charge in [0.2, 0.25) is 0 Å². The van der Waals surface area contributed by atoms with Gasteiger partial charge >= 0.3 is 0 Å². The van der Waals surface area contributed by atoms with Crippen molar-refractivity contribution >= 4 is 33.2 Å². The summed E-state index contributed by atoms with van der Waals surface area (Å²) in [5.74, 6) is -0.665. The molecule has 0 unspecified atom stereocenters. The number of sulfonamides is 1. The first-order valence-electron chi connectivity index (χ1n) is 9.20. The molecule has 1 atom stereocenters. The molecule has 1 saturated heterocycles. The van der Waals surface area contributed by atoms with Crippen LogP contribution < -0.4 is 4.72 Å². The van der Waals surface area contributed by atoms with Gasteiger partial charge in [-0.25, -0.2) is 12.8 Å². The third kappa shape index (κ3) is 4.47. The molecule has 0 radical (unpaired) electrons. The molecule has 2 aromatic rings. The van der Waals surface area contributed by atoms with E-state index in [9.17, 15) is 17.6 Å². The summed E-state index contributed by atoms with van der Waals surface area (Å²) in [7, 11) is -3.96. The number of likely N-dealkylation sites (tertiary alicyclic amines) is 1. The zero-order valence-corrected chi connectivity index (χ0v) is 17.1. The number of hydrogen-bond donors (Lipinski definition) is 1. The van der Waals surface area contributed by atoms with Gasteiger partial charge in [0.1, 0.15) is 5.82 Å². The van der Waals surface area contributed by atoms with Crippen LogP contribution in [0.1, 0.15) is 43.0 Å². The molecule has 1 aliphatic rings. The minimum Gasteiger partial charge on any atom is -0.336 e. The minimum absolute atomic E-state index is 0.0937. The Bertz CT molecular complexity index is 964. The molecule has 0 spiro atoms. The standard InChI is InChI=1S/C20H22ClFN2O3S/c1-2-16-5-3-4-12-24(16)20(25)14-6-11-18(21)19(13-14)23-28(26,27)17-9-7-15(22)8-10-17/h6-11,13,16,23H,2-5,12H2,1H3/t16-/m0/s1. The largest absolute Gasteiger partial charge is 0.336 e. The molecule has 5 nitrogen and oxygen atoms in total. The Morgan fingerprint density at radius 2 is 1.93 bits per heavy atom. The van der Waals surface area contributed by atoms with Crippen molar-refractivity contribution in [2.45, 2.75) is 43.5 Å². The zero-order valence-electron chi connectivity index (χ0n) is 15.5. The van der Waals surface area contributed by atoms with Crippen LogP contribution in [-0.4, -0.2) is 31.8 Å². The van der Waals surface area contributed by atoms with Gasteiger partial charge in [-0.2, -0.15) is 0 Å². The maximum Gasteiger partial charge on any atom is 0.261 e. The van der Waals surface area contributed by atoms with Crippen LogP contribution in [0.4, 0.5) is 10.1 Å². The Labute approximate surface area is 169 Å². The first-order valence-corrected chi connectivity index (χ1v) is 11.1. The fraction of sp³-hybridized carbons (Fsp3) is 0.350. The summed E-state index contributed by atoms with van der Waals surface area (Å²) >= 11 is 6.15. The number of benzene rings is 2. The number of anilines is 1. The highest BCUT2D eigenvalue weighted by molar-refractivity contribution is 7.92. The lowest BCUT2D eigenvalue weighted by Gasteiger charge is -2.35. The number of piperidine rings is 1. The van der Waals surface area contributed by atoms with Crippen molar-refractivity contribution in [3.63, 3.8) is 0 Å². The van der Waals surface area contributed by atoms with Crippen LogP contribution in [-0.2, 0) is 10.0 Å². The molecule has 1 amide bonds. The monoisotopic (exact) mass is 424 g/mol. The lowest BCUT2D eigenvalue weighted by Crippen LogP contribution is -2.43. The lowest BCUT2D eigenvalue weighted by atomic mass is 9.99. The van der Waals surface area contributed by atoms with Gasteiger partial charge in [0.25, 0.3) is 15.9 Å². The van der Waals surface area contributed by atoms with Crippen molar-refractivity contribution in [2.75, 3.05) is 11.3 Å². The van der Waals surface area contributed by atoms with Gasteiger partial charge in [-0.1, -0.05) is 18.5 Å². The van der Waals surface area contributed by atoms with E-state index in [0.717, 1.165) is 37.8 Å². The average Bonchev–Trinajstić information content (AvgIpc) is 2.69. The molecule has 1 N–H and O–H groups in total. The number of carbonyl (C=O) groups is 1. The summed E-state index contributed by atoms with van der Waals surface area (Å²) in [6, 6.07) is 9.21. The van der Waals surface area contributed by atoms with Gasteiger partial charge in [0, 0.05) is 18.2 Å². The molecule has 2 aromatic carbocycles. The molecule has 3 rings (SSSR count). The van der Waals surface area contributed by atoms with Crippen molar-refractivity contribution in [2.24, 2.45) is 0 Å².